The van der Waals surface area contributed by atoms with Gasteiger partial charge in [-0.25, -0.2) is 0 Å². The Morgan fingerprint density at radius 1 is 1.60 bits per heavy atom. The Hall–Kier alpha value is -0.340. The molecule has 2 nitrogen and oxygen atoms in total. The van der Waals surface area contributed by atoms with Gasteiger partial charge < -0.3 is 4.74 Å². The molecule has 2 saturated heterocycles. The molecule has 2 heteroatoms. The van der Waals surface area contributed by atoms with Crippen molar-refractivity contribution in [1.82, 2.24) is 4.90 Å². The highest BCUT2D eigenvalue weighted by Crippen LogP contribution is 2.45. The number of hydrogen-bond donors (Lipinski definition) is 0. The third kappa shape index (κ3) is 1.98. The third-order valence-electron chi connectivity index (χ3n) is 3.82. The molecule has 0 spiro atoms. The van der Waals surface area contributed by atoms with E-state index in [0.717, 1.165) is 19.0 Å². The van der Waals surface area contributed by atoms with Crippen molar-refractivity contribution in [2.24, 2.45) is 5.92 Å². The van der Waals surface area contributed by atoms with Crippen molar-refractivity contribution >= 4 is 0 Å². The average molecular weight is 209 g/mol. The number of rotatable bonds is 3. The van der Waals surface area contributed by atoms with Crippen molar-refractivity contribution in [3.8, 4) is 0 Å². The molecule has 2 aliphatic rings. The molecule has 2 atom stereocenters. The fourth-order valence-electron chi connectivity index (χ4n) is 3.47. The van der Waals surface area contributed by atoms with Crippen LogP contribution >= 0.6 is 0 Å². The van der Waals surface area contributed by atoms with Crippen molar-refractivity contribution in [2.45, 2.75) is 44.8 Å². The van der Waals surface area contributed by atoms with Crippen LogP contribution in [0.1, 0.15) is 33.1 Å². The number of fused-ring (bicyclic) bond motifs is 1. The first-order chi connectivity index (χ1) is 7.05. The van der Waals surface area contributed by atoms with E-state index in [4.69, 9.17) is 4.74 Å². The Bertz CT molecular complexity index is 261. The minimum absolute atomic E-state index is 0.381. The molecule has 0 aromatic carbocycles. The summed E-state index contributed by atoms with van der Waals surface area (Å²) in [6, 6.07) is 0. The highest BCUT2D eigenvalue weighted by molar-refractivity contribution is 5.19. The van der Waals surface area contributed by atoms with Crippen LogP contribution in [0.5, 0.6) is 0 Å². The van der Waals surface area contributed by atoms with E-state index >= 15 is 0 Å². The van der Waals surface area contributed by atoms with Gasteiger partial charge in [-0.2, -0.15) is 0 Å². The van der Waals surface area contributed by atoms with Crippen LogP contribution in [0.3, 0.4) is 0 Å². The van der Waals surface area contributed by atoms with Crippen LogP contribution in [0, 0.1) is 5.92 Å². The van der Waals surface area contributed by atoms with Crippen molar-refractivity contribution in [3.63, 3.8) is 0 Å². The molecule has 0 aromatic rings. The Morgan fingerprint density at radius 2 is 2.33 bits per heavy atom. The lowest BCUT2D eigenvalue weighted by Crippen LogP contribution is -2.39. The molecule has 15 heavy (non-hydrogen) atoms. The molecular weight excluding hydrogens is 186 g/mol. The molecule has 2 heterocycles. The van der Waals surface area contributed by atoms with Crippen LogP contribution < -0.4 is 0 Å². The Balaban J connectivity index is 2.13. The van der Waals surface area contributed by atoms with Gasteiger partial charge in [0.1, 0.15) is 0 Å². The monoisotopic (exact) mass is 209 g/mol. The highest BCUT2D eigenvalue weighted by Gasteiger charge is 2.49. The quantitative estimate of drug-likeness (QED) is 0.662. The minimum Gasteiger partial charge on any atom is -0.380 e. The predicted molar refractivity (Wildman–Crippen MR) is 62.9 cm³/mol. The zero-order chi connectivity index (χ0) is 11.1. The van der Waals surface area contributed by atoms with Gasteiger partial charge >= 0.3 is 0 Å². The van der Waals surface area contributed by atoms with E-state index in [0.29, 0.717) is 11.6 Å². The summed E-state index contributed by atoms with van der Waals surface area (Å²) in [6.07, 6.45) is 4.11. The molecule has 2 aliphatic heterocycles. The third-order valence-corrected chi connectivity index (χ3v) is 3.82. The van der Waals surface area contributed by atoms with Gasteiger partial charge in [-0.05, 0) is 25.2 Å². The Kier molecular flexibility index (Phi) is 2.91. The van der Waals surface area contributed by atoms with Crippen LogP contribution in [-0.2, 0) is 4.74 Å². The summed E-state index contributed by atoms with van der Waals surface area (Å²) in [4.78, 5) is 2.60. The molecule has 0 aromatic heterocycles. The van der Waals surface area contributed by atoms with E-state index in [1.165, 1.54) is 24.8 Å². The van der Waals surface area contributed by atoms with Crippen molar-refractivity contribution < 1.29 is 4.74 Å². The first kappa shape index (κ1) is 11.2. The molecule has 0 N–H and O–H groups in total. The smallest absolute Gasteiger partial charge is 0.0716 e. The van der Waals surface area contributed by atoms with Gasteiger partial charge in [-0.15, -0.1) is 0 Å². The van der Waals surface area contributed by atoms with Crippen LogP contribution in [0.25, 0.3) is 0 Å². The second-order valence-corrected chi connectivity index (χ2v) is 5.69. The van der Waals surface area contributed by atoms with E-state index in [1.807, 2.05) is 7.11 Å². The SMILES string of the molecule is C=C1CN2C[C@@H](OC)C[C@@]2(CC(C)C)C1. The summed E-state index contributed by atoms with van der Waals surface area (Å²) in [5.41, 5.74) is 1.79. The van der Waals surface area contributed by atoms with Gasteiger partial charge in [0, 0.05) is 25.7 Å². The van der Waals surface area contributed by atoms with E-state index in [-0.39, 0.29) is 0 Å². The largest absolute Gasteiger partial charge is 0.380 e. The van der Waals surface area contributed by atoms with Gasteiger partial charge in [0.05, 0.1) is 6.10 Å². The van der Waals surface area contributed by atoms with E-state index in [9.17, 15) is 0 Å². The number of ether oxygens (including phenoxy) is 1. The lowest BCUT2D eigenvalue weighted by molar-refractivity contribution is 0.108. The zero-order valence-electron chi connectivity index (χ0n) is 10.3. The molecule has 0 bridgehead atoms. The number of hydrogen-bond acceptors (Lipinski definition) is 2. The topological polar surface area (TPSA) is 12.5 Å². The van der Waals surface area contributed by atoms with Crippen molar-refractivity contribution in [1.29, 1.82) is 0 Å². The van der Waals surface area contributed by atoms with Crippen molar-refractivity contribution in [2.75, 3.05) is 20.2 Å². The maximum atomic E-state index is 5.52. The first-order valence-electron chi connectivity index (χ1n) is 6.00. The molecule has 86 valence electrons. The fourth-order valence-corrected chi connectivity index (χ4v) is 3.47. The highest BCUT2D eigenvalue weighted by atomic mass is 16.5. The Labute approximate surface area is 93.3 Å². The van der Waals surface area contributed by atoms with E-state index < -0.39 is 0 Å². The van der Waals surface area contributed by atoms with Gasteiger partial charge in [-0.1, -0.05) is 26.0 Å². The summed E-state index contributed by atoms with van der Waals surface area (Å²) in [5.74, 6) is 0.758. The summed E-state index contributed by atoms with van der Waals surface area (Å²) < 4.78 is 5.52. The molecule has 2 rings (SSSR count). The van der Waals surface area contributed by atoms with Crippen LogP contribution in [0.2, 0.25) is 0 Å². The second-order valence-electron chi connectivity index (χ2n) is 5.69. The normalized spacial score (nSPS) is 36.5. The van der Waals surface area contributed by atoms with Crippen LogP contribution in [0.4, 0.5) is 0 Å². The maximum absolute atomic E-state index is 5.52. The maximum Gasteiger partial charge on any atom is 0.0716 e. The van der Waals surface area contributed by atoms with Crippen molar-refractivity contribution in [3.05, 3.63) is 12.2 Å². The van der Waals surface area contributed by atoms with Gasteiger partial charge in [0.2, 0.25) is 0 Å². The molecular formula is C13H23NO. The Morgan fingerprint density at radius 3 is 2.93 bits per heavy atom. The molecule has 0 saturated carbocycles. The van der Waals surface area contributed by atoms with Gasteiger partial charge in [0.25, 0.3) is 0 Å². The second kappa shape index (κ2) is 3.91. The predicted octanol–water partition coefficient (Wildman–Crippen LogP) is 2.45. The zero-order valence-corrected chi connectivity index (χ0v) is 10.3. The summed E-state index contributed by atoms with van der Waals surface area (Å²) in [6.45, 7) is 11.0. The standard InChI is InChI=1S/C13H23NO/c1-10(2)5-13-6-11(3)8-14(13)9-12(7-13)15-4/h10,12H,3,5-9H2,1-2,4H3/t12-,13+/m0/s1. The van der Waals surface area contributed by atoms with E-state index in [1.54, 1.807) is 0 Å². The number of nitrogens with zero attached hydrogens (tertiary/aromatic N) is 1. The van der Waals surface area contributed by atoms with Gasteiger partial charge in [0.15, 0.2) is 0 Å². The molecule has 0 radical (unpaired) electrons. The van der Waals surface area contributed by atoms with Crippen LogP contribution in [-0.4, -0.2) is 36.7 Å². The van der Waals surface area contributed by atoms with Crippen LogP contribution in [0.15, 0.2) is 12.2 Å². The van der Waals surface area contributed by atoms with Gasteiger partial charge in [-0.3, -0.25) is 4.90 Å². The molecule has 0 amide bonds. The number of methoxy groups -OCH3 is 1. The molecule has 2 fully saturated rings. The summed E-state index contributed by atoms with van der Waals surface area (Å²) in [5, 5.41) is 0. The minimum atomic E-state index is 0.381. The van der Waals surface area contributed by atoms with E-state index in [2.05, 4.69) is 25.3 Å². The lowest BCUT2D eigenvalue weighted by Gasteiger charge is -2.33. The molecule has 0 aliphatic carbocycles. The fraction of sp³-hybridized carbons (Fsp3) is 0.846. The average Bonchev–Trinajstić information content (AvgIpc) is 2.54. The first-order valence-corrected chi connectivity index (χ1v) is 6.00. The molecule has 0 unspecified atom stereocenters. The lowest BCUT2D eigenvalue weighted by atomic mass is 9.84. The summed E-state index contributed by atoms with van der Waals surface area (Å²) >= 11 is 0. The summed E-state index contributed by atoms with van der Waals surface area (Å²) in [7, 11) is 1.84.